The van der Waals surface area contributed by atoms with E-state index in [0.717, 1.165) is 6.07 Å². The van der Waals surface area contributed by atoms with Gasteiger partial charge < -0.3 is 10.4 Å². The fraction of sp³-hybridized carbons (Fsp3) is 0.500. The summed E-state index contributed by atoms with van der Waals surface area (Å²) in [5.74, 6) is -1.73. The summed E-state index contributed by atoms with van der Waals surface area (Å²) in [6.07, 6.45) is 1.20. The number of carboxylic acids is 1. The fourth-order valence-corrected chi connectivity index (χ4v) is 1.95. The minimum Gasteiger partial charge on any atom is -0.481 e. The van der Waals surface area contributed by atoms with Crippen LogP contribution < -0.4 is 5.32 Å². The van der Waals surface area contributed by atoms with Gasteiger partial charge in [-0.25, -0.2) is 0 Å². The average molecular weight is 298 g/mol. The Morgan fingerprint density at radius 1 is 1.43 bits per heavy atom. The number of halogens is 1. The van der Waals surface area contributed by atoms with Crippen LogP contribution >= 0.6 is 0 Å². The zero-order valence-electron chi connectivity index (χ0n) is 12.1. The third-order valence-electron chi connectivity index (χ3n) is 3.30. The van der Waals surface area contributed by atoms with Crippen molar-refractivity contribution >= 4 is 17.3 Å². The van der Waals surface area contributed by atoms with Gasteiger partial charge in [0.2, 0.25) is 5.82 Å². The molecule has 0 aliphatic heterocycles. The summed E-state index contributed by atoms with van der Waals surface area (Å²) in [6.45, 7) is 4.26. The van der Waals surface area contributed by atoms with Crippen LogP contribution in [-0.4, -0.2) is 22.5 Å². The second-order valence-electron chi connectivity index (χ2n) is 5.63. The number of carboxylic acid groups (broad SMARTS) is 1. The van der Waals surface area contributed by atoms with Gasteiger partial charge in [0, 0.05) is 13.0 Å². The van der Waals surface area contributed by atoms with Crippen molar-refractivity contribution in [3.63, 3.8) is 0 Å². The minimum absolute atomic E-state index is 0.0765. The molecular formula is C14H19FN2O4. The highest BCUT2D eigenvalue weighted by atomic mass is 19.1. The first-order chi connectivity index (χ1) is 9.73. The number of rotatable bonds is 8. The van der Waals surface area contributed by atoms with Crippen LogP contribution in [0.25, 0.3) is 0 Å². The number of para-hydroxylation sites is 1. The molecule has 0 atom stereocenters. The lowest BCUT2D eigenvalue weighted by atomic mass is 9.84. The first-order valence-corrected chi connectivity index (χ1v) is 6.61. The van der Waals surface area contributed by atoms with Gasteiger partial charge in [-0.1, -0.05) is 19.9 Å². The predicted octanol–water partition coefficient (Wildman–Crippen LogP) is 3.43. The number of nitro groups is 1. The zero-order valence-corrected chi connectivity index (χ0v) is 12.1. The molecule has 0 heterocycles. The molecule has 116 valence electrons. The molecule has 0 saturated heterocycles. The second-order valence-corrected chi connectivity index (χ2v) is 5.63. The summed E-state index contributed by atoms with van der Waals surface area (Å²) < 4.78 is 13.4. The van der Waals surface area contributed by atoms with E-state index in [4.69, 9.17) is 5.11 Å². The number of carbonyl (C=O) groups is 1. The van der Waals surface area contributed by atoms with Gasteiger partial charge in [0.25, 0.3) is 0 Å². The standard InChI is InChI=1S/C14H19FN2O4/c1-14(2,7-6-12(18)19)8-9-16-11-5-3-4-10(15)13(11)17(20)21/h3-5,16H,6-9H2,1-2H3,(H,18,19). The molecule has 7 heteroatoms. The first-order valence-electron chi connectivity index (χ1n) is 6.61. The third kappa shape index (κ3) is 5.37. The van der Waals surface area contributed by atoms with Crippen LogP contribution in [0.2, 0.25) is 0 Å². The smallest absolute Gasteiger partial charge is 0.327 e. The van der Waals surface area contributed by atoms with E-state index in [1.807, 2.05) is 13.8 Å². The molecule has 0 radical (unpaired) electrons. The molecule has 0 aliphatic carbocycles. The molecule has 0 spiro atoms. The summed E-state index contributed by atoms with van der Waals surface area (Å²) in [7, 11) is 0. The van der Waals surface area contributed by atoms with E-state index in [1.165, 1.54) is 12.1 Å². The van der Waals surface area contributed by atoms with E-state index in [2.05, 4.69) is 5.32 Å². The van der Waals surface area contributed by atoms with Crippen molar-refractivity contribution in [1.29, 1.82) is 0 Å². The number of nitrogens with one attached hydrogen (secondary N) is 1. The molecule has 0 aliphatic rings. The van der Waals surface area contributed by atoms with Gasteiger partial charge in [0.15, 0.2) is 0 Å². The third-order valence-corrected chi connectivity index (χ3v) is 3.30. The Morgan fingerprint density at radius 2 is 2.10 bits per heavy atom. The molecule has 0 aromatic heterocycles. The molecule has 1 aromatic rings. The lowest BCUT2D eigenvalue weighted by Crippen LogP contribution is -2.18. The molecule has 1 aromatic carbocycles. The Labute approximate surface area is 122 Å². The topological polar surface area (TPSA) is 92.5 Å². The van der Waals surface area contributed by atoms with Crippen LogP contribution in [0.4, 0.5) is 15.8 Å². The number of benzene rings is 1. The van der Waals surface area contributed by atoms with Crippen LogP contribution in [0, 0.1) is 21.3 Å². The summed E-state index contributed by atoms with van der Waals surface area (Å²) in [4.78, 5) is 20.6. The van der Waals surface area contributed by atoms with Gasteiger partial charge in [0.05, 0.1) is 4.92 Å². The monoisotopic (exact) mass is 298 g/mol. The number of nitrogens with zero attached hydrogens (tertiary/aromatic N) is 1. The Balaban J connectivity index is 2.62. The van der Waals surface area contributed by atoms with Gasteiger partial charge in [-0.05, 0) is 30.4 Å². The molecular weight excluding hydrogens is 279 g/mol. The predicted molar refractivity (Wildman–Crippen MR) is 76.8 cm³/mol. The van der Waals surface area contributed by atoms with Gasteiger partial charge >= 0.3 is 11.7 Å². The number of hydrogen-bond acceptors (Lipinski definition) is 4. The number of anilines is 1. The highest BCUT2D eigenvalue weighted by Crippen LogP contribution is 2.29. The van der Waals surface area contributed by atoms with Crippen LogP contribution in [0.3, 0.4) is 0 Å². The van der Waals surface area contributed by atoms with Crippen molar-refractivity contribution in [2.75, 3.05) is 11.9 Å². The van der Waals surface area contributed by atoms with Gasteiger partial charge in [-0.15, -0.1) is 0 Å². The summed E-state index contributed by atoms with van der Waals surface area (Å²) >= 11 is 0. The Morgan fingerprint density at radius 3 is 2.67 bits per heavy atom. The minimum atomic E-state index is -0.880. The Kier molecular flexibility index (Phi) is 5.63. The van der Waals surface area contributed by atoms with E-state index >= 15 is 0 Å². The van der Waals surface area contributed by atoms with Crippen LogP contribution in [-0.2, 0) is 4.79 Å². The maximum absolute atomic E-state index is 13.4. The van der Waals surface area contributed by atoms with Crippen molar-refractivity contribution in [3.05, 3.63) is 34.1 Å². The fourth-order valence-electron chi connectivity index (χ4n) is 1.95. The van der Waals surface area contributed by atoms with E-state index in [0.29, 0.717) is 19.4 Å². The van der Waals surface area contributed by atoms with E-state index < -0.39 is 22.4 Å². The van der Waals surface area contributed by atoms with Crippen molar-refractivity contribution in [2.24, 2.45) is 5.41 Å². The van der Waals surface area contributed by atoms with Crippen molar-refractivity contribution in [2.45, 2.75) is 33.1 Å². The normalized spacial score (nSPS) is 11.2. The SMILES string of the molecule is CC(C)(CCNc1cccc(F)c1[N+](=O)[O-])CCC(=O)O. The maximum atomic E-state index is 13.4. The van der Waals surface area contributed by atoms with E-state index in [1.54, 1.807) is 0 Å². The summed E-state index contributed by atoms with van der Waals surface area (Å²) in [5.41, 5.74) is -0.650. The molecule has 0 fully saturated rings. The Bertz CT molecular complexity index is 532. The summed E-state index contributed by atoms with van der Waals surface area (Å²) in [5, 5.41) is 22.4. The highest BCUT2D eigenvalue weighted by molar-refractivity contribution is 5.66. The molecule has 1 rings (SSSR count). The number of nitro benzene ring substituents is 1. The highest BCUT2D eigenvalue weighted by Gasteiger charge is 2.22. The lowest BCUT2D eigenvalue weighted by molar-refractivity contribution is -0.386. The molecule has 0 amide bonds. The Hall–Kier alpha value is -2.18. The largest absolute Gasteiger partial charge is 0.481 e. The number of aliphatic carboxylic acids is 1. The second kappa shape index (κ2) is 7.01. The van der Waals surface area contributed by atoms with Crippen molar-refractivity contribution < 1.29 is 19.2 Å². The molecule has 2 N–H and O–H groups in total. The van der Waals surface area contributed by atoms with Gasteiger partial charge in [-0.2, -0.15) is 4.39 Å². The zero-order chi connectivity index (χ0) is 16.0. The average Bonchev–Trinajstić information content (AvgIpc) is 2.36. The van der Waals surface area contributed by atoms with Crippen LogP contribution in [0.1, 0.15) is 33.1 Å². The maximum Gasteiger partial charge on any atom is 0.327 e. The molecule has 21 heavy (non-hydrogen) atoms. The molecule has 0 unspecified atom stereocenters. The molecule has 6 nitrogen and oxygen atoms in total. The van der Waals surface area contributed by atoms with Crippen molar-refractivity contribution in [1.82, 2.24) is 0 Å². The quantitative estimate of drug-likeness (QED) is 0.566. The lowest BCUT2D eigenvalue weighted by Gasteiger charge is -2.24. The van der Waals surface area contributed by atoms with E-state index in [9.17, 15) is 19.3 Å². The van der Waals surface area contributed by atoms with Crippen LogP contribution in [0.15, 0.2) is 18.2 Å². The molecule has 0 bridgehead atoms. The van der Waals surface area contributed by atoms with Crippen LogP contribution in [0.5, 0.6) is 0 Å². The number of hydrogen-bond donors (Lipinski definition) is 2. The van der Waals surface area contributed by atoms with Gasteiger partial charge in [0.1, 0.15) is 5.69 Å². The van der Waals surface area contributed by atoms with E-state index in [-0.39, 0.29) is 17.5 Å². The first kappa shape index (κ1) is 16.9. The summed E-state index contributed by atoms with van der Waals surface area (Å²) in [6, 6.07) is 3.89. The van der Waals surface area contributed by atoms with Gasteiger partial charge in [-0.3, -0.25) is 14.9 Å². The molecule has 0 saturated carbocycles. The van der Waals surface area contributed by atoms with Crippen molar-refractivity contribution in [3.8, 4) is 0 Å².